The molecule has 0 amide bonds. The molecule has 0 bridgehead atoms. The molecule has 0 aliphatic carbocycles. The third-order valence-corrected chi connectivity index (χ3v) is 6.87. The number of aromatic amines is 1. The summed E-state index contributed by atoms with van der Waals surface area (Å²) in [5, 5.41) is 0. The number of aromatic nitrogens is 1. The Morgan fingerprint density at radius 1 is 0.633 bits per heavy atom. The van der Waals surface area contributed by atoms with E-state index < -0.39 is 0 Å². The quantitative estimate of drug-likeness (QED) is 0.257. The molecular formula is C27H37N2S+. The molecule has 0 aliphatic rings. The molecule has 0 fully saturated rings. The fourth-order valence-corrected chi connectivity index (χ4v) is 4.88. The SMILES string of the molecule is CCCCCCN(CCCCCC)c1ccc(-c2ccc(-c3cc[nH+]cc3)s2)cc1. The lowest BCUT2D eigenvalue weighted by atomic mass is 10.1. The van der Waals surface area contributed by atoms with E-state index in [4.69, 9.17) is 0 Å². The molecule has 2 nitrogen and oxygen atoms in total. The van der Waals surface area contributed by atoms with Crippen LogP contribution in [-0.4, -0.2) is 13.1 Å². The van der Waals surface area contributed by atoms with E-state index >= 15 is 0 Å². The molecule has 0 atom stereocenters. The van der Waals surface area contributed by atoms with Crippen molar-refractivity contribution in [2.24, 2.45) is 0 Å². The van der Waals surface area contributed by atoms with E-state index in [1.807, 2.05) is 23.7 Å². The first-order valence-corrected chi connectivity index (χ1v) is 12.5. The summed E-state index contributed by atoms with van der Waals surface area (Å²) in [5.74, 6) is 0. The van der Waals surface area contributed by atoms with Gasteiger partial charge in [0.2, 0.25) is 0 Å². The number of nitrogens with one attached hydrogen (secondary N) is 1. The molecule has 0 unspecified atom stereocenters. The monoisotopic (exact) mass is 421 g/mol. The van der Waals surface area contributed by atoms with Gasteiger partial charge in [-0.2, -0.15) is 0 Å². The van der Waals surface area contributed by atoms with Crippen LogP contribution < -0.4 is 9.88 Å². The molecule has 3 aromatic rings. The second kappa shape index (κ2) is 12.5. The average Bonchev–Trinajstić information content (AvgIpc) is 3.29. The average molecular weight is 422 g/mol. The first-order valence-electron chi connectivity index (χ1n) is 11.7. The van der Waals surface area contributed by atoms with Crippen LogP contribution >= 0.6 is 11.3 Å². The Labute approximate surface area is 187 Å². The van der Waals surface area contributed by atoms with Crippen molar-refractivity contribution in [3.05, 3.63) is 60.9 Å². The summed E-state index contributed by atoms with van der Waals surface area (Å²) < 4.78 is 0. The van der Waals surface area contributed by atoms with Gasteiger partial charge in [-0.05, 0) is 42.7 Å². The van der Waals surface area contributed by atoms with E-state index in [9.17, 15) is 0 Å². The second-order valence-corrected chi connectivity index (χ2v) is 9.19. The molecule has 0 saturated heterocycles. The zero-order valence-corrected chi connectivity index (χ0v) is 19.5. The van der Waals surface area contributed by atoms with Gasteiger partial charge < -0.3 is 4.90 Å². The third kappa shape index (κ3) is 6.70. The van der Waals surface area contributed by atoms with Crippen molar-refractivity contribution in [1.29, 1.82) is 0 Å². The number of pyridine rings is 1. The number of thiophene rings is 1. The molecule has 2 heterocycles. The van der Waals surface area contributed by atoms with Crippen LogP contribution in [0.5, 0.6) is 0 Å². The Balaban J connectivity index is 1.66. The van der Waals surface area contributed by atoms with Crippen LogP contribution in [0.15, 0.2) is 60.9 Å². The smallest absolute Gasteiger partial charge is 0.167 e. The second-order valence-electron chi connectivity index (χ2n) is 8.11. The number of unbranched alkanes of at least 4 members (excludes halogenated alkanes) is 6. The van der Waals surface area contributed by atoms with Gasteiger partial charge in [0.25, 0.3) is 0 Å². The van der Waals surface area contributed by atoms with Crippen LogP contribution in [0.1, 0.15) is 65.2 Å². The summed E-state index contributed by atoms with van der Waals surface area (Å²) in [7, 11) is 0. The molecule has 1 N–H and O–H groups in total. The number of hydrogen-bond acceptors (Lipinski definition) is 2. The summed E-state index contributed by atoms with van der Waals surface area (Å²) in [6, 6.07) is 18.0. The first kappa shape index (κ1) is 22.6. The lowest BCUT2D eigenvalue weighted by Gasteiger charge is -2.25. The summed E-state index contributed by atoms with van der Waals surface area (Å²) in [4.78, 5) is 8.36. The zero-order chi connectivity index (χ0) is 21.0. The van der Waals surface area contributed by atoms with Crippen molar-refractivity contribution in [3.63, 3.8) is 0 Å². The van der Waals surface area contributed by atoms with Gasteiger partial charge in [-0.25, -0.2) is 4.98 Å². The van der Waals surface area contributed by atoms with E-state index in [0.717, 1.165) is 0 Å². The number of hydrogen-bond donors (Lipinski definition) is 0. The first-order chi connectivity index (χ1) is 14.8. The van der Waals surface area contributed by atoms with Crippen molar-refractivity contribution in [1.82, 2.24) is 0 Å². The van der Waals surface area contributed by atoms with Crippen LogP contribution in [0.3, 0.4) is 0 Å². The fourth-order valence-electron chi connectivity index (χ4n) is 3.86. The Kier molecular flexibility index (Phi) is 9.43. The highest BCUT2D eigenvalue weighted by Gasteiger charge is 2.09. The summed E-state index contributed by atoms with van der Waals surface area (Å²) in [6.07, 6.45) is 14.6. The number of benzene rings is 1. The summed E-state index contributed by atoms with van der Waals surface area (Å²) >= 11 is 1.86. The van der Waals surface area contributed by atoms with E-state index in [1.165, 1.54) is 91.0 Å². The minimum atomic E-state index is 1.18. The Morgan fingerprint density at radius 3 is 1.70 bits per heavy atom. The van der Waals surface area contributed by atoms with Crippen LogP contribution in [0.25, 0.3) is 20.9 Å². The lowest BCUT2D eigenvalue weighted by Crippen LogP contribution is -2.25. The molecule has 0 aliphatic heterocycles. The van der Waals surface area contributed by atoms with Crippen molar-refractivity contribution < 1.29 is 4.98 Å². The van der Waals surface area contributed by atoms with Crippen molar-refractivity contribution in [3.8, 4) is 20.9 Å². The molecule has 3 rings (SSSR count). The Bertz CT molecular complexity index is 827. The standard InChI is InChI=1S/C27H36N2S/c1-3-5-7-9-21-29(22-10-8-6-4-2)25-13-11-23(12-14-25)26-15-16-27(30-26)24-17-19-28-20-18-24/h11-20H,3-10,21-22H2,1-2H3/p+1. The maximum atomic E-state index is 3.10. The maximum absolute atomic E-state index is 3.10. The summed E-state index contributed by atoms with van der Waals surface area (Å²) in [5.41, 5.74) is 3.96. The van der Waals surface area contributed by atoms with E-state index in [0.29, 0.717) is 0 Å². The topological polar surface area (TPSA) is 17.4 Å². The lowest BCUT2D eigenvalue weighted by molar-refractivity contribution is -0.377. The van der Waals surface area contributed by atoms with Crippen LogP contribution in [0.4, 0.5) is 5.69 Å². The Hall–Kier alpha value is -2.13. The van der Waals surface area contributed by atoms with Crippen molar-refractivity contribution in [2.75, 3.05) is 18.0 Å². The molecule has 0 radical (unpaired) electrons. The number of H-pyrrole nitrogens is 1. The molecule has 30 heavy (non-hydrogen) atoms. The predicted octanol–water partition coefficient (Wildman–Crippen LogP) is 7.86. The van der Waals surface area contributed by atoms with Gasteiger partial charge in [0.05, 0.1) is 0 Å². The van der Waals surface area contributed by atoms with Gasteiger partial charge in [0, 0.05) is 46.2 Å². The van der Waals surface area contributed by atoms with Gasteiger partial charge in [0.1, 0.15) is 0 Å². The minimum absolute atomic E-state index is 1.18. The minimum Gasteiger partial charge on any atom is -0.372 e. The number of nitrogens with zero attached hydrogens (tertiary/aromatic N) is 1. The highest BCUT2D eigenvalue weighted by atomic mass is 32.1. The maximum Gasteiger partial charge on any atom is 0.167 e. The normalized spacial score (nSPS) is 11.0. The highest BCUT2D eigenvalue weighted by molar-refractivity contribution is 7.18. The van der Waals surface area contributed by atoms with Gasteiger partial charge >= 0.3 is 0 Å². The zero-order valence-electron chi connectivity index (χ0n) is 18.7. The third-order valence-electron chi connectivity index (χ3n) is 5.69. The number of rotatable bonds is 13. The molecule has 160 valence electrons. The van der Waals surface area contributed by atoms with E-state index in [1.54, 1.807) is 0 Å². The van der Waals surface area contributed by atoms with Crippen LogP contribution in [0, 0.1) is 0 Å². The Morgan fingerprint density at radius 2 is 1.17 bits per heavy atom. The predicted molar refractivity (Wildman–Crippen MR) is 132 cm³/mol. The molecule has 2 aromatic heterocycles. The number of anilines is 1. The van der Waals surface area contributed by atoms with Gasteiger partial charge in [0.15, 0.2) is 12.4 Å². The van der Waals surface area contributed by atoms with Gasteiger partial charge in [-0.1, -0.05) is 64.5 Å². The highest BCUT2D eigenvalue weighted by Crippen LogP contribution is 2.34. The van der Waals surface area contributed by atoms with Gasteiger partial charge in [-0.3, -0.25) is 0 Å². The van der Waals surface area contributed by atoms with Gasteiger partial charge in [-0.15, -0.1) is 11.3 Å². The van der Waals surface area contributed by atoms with E-state index in [2.05, 4.69) is 72.3 Å². The summed E-state index contributed by atoms with van der Waals surface area (Å²) in [6.45, 7) is 6.93. The van der Waals surface area contributed by atoms with Crippen molar-refractivity contribution >= 4 is 17.0 Å². The molecule has 3 heteroatoms. The van der Waals surface area contributed by atoms with Crippen LogP contribution in [0.2, 0.25) is 0 Å². The molecular weight excluding hydrogens is 384 g/mol. The van der Waals surface area contributed by atoms with Crippen LogP contribution in [-0.2, 0) is 0 Å². The van der Waals surface area contributed by atoms with E-state index in [-0.39, 0.29) is 0 Å². The molecule has 1 aromatic carbocycles. The molecule has 0 spiro atoms. The van der Waals surface area contributed by atoms with Crippen molar-refractivity contribution in [2.45, 2.75) is 65.2 Å². The largest absolute Gasteiger partial charge is 0.372 e. The fraction of sp³-hybridized carbons (Fsp3) is 0.444. The molecule has 0 saturated carbocycles.